The van der Waals surface area contributed by atoms with Crippen molar-refractivity contribution in [3.8, 4) is 11.5 Å². The molecule has 1 rings (SSSR count). The van der Waals surface area contributed by atoms with Crippen molar-refractivity contribution in [1.29, 1.82) is 0 Å². The van der Waals surface area contributed by atoms with Gasteiger partial charge in [0.25, 0.3) is 0 Å². The lowest BCUT2D eigenvalue weighted by Gasteiger charge is -2.08. The van der Waals surface area contributed by atoms with Crippen molar-refractivity contribution in [2.45, 2.75) is 6.42 Å². The lowest BCUT2D eigenvalue weighted by molar-refractivity contribution is -0.136. The van der Waals surface area contributed by atoms with E-state index in [2.05, 4.69) is 0 Å². The third-order valence-corrected chi connectivity index (χ3v) is 1.73. The third kappa shape index (κ3) is 1.93. The molecule has 1 aromatic carbocycles. The second-order valence-corrected chi connectivity index (χ2v) is 2.65. The molecule has 0 radical (unpaired) electrons. The van der Waals surface area contributed by atoms with E-state index in [-0.39, 0.29) is 11.3 Å². The highest BCUT2D eigenvalue weighted by molar-refractivity contribution is 5.71. The summed E-state index contributed by atoms with van der Waals surface area (Å²) in [7, 11) is 1.30. The van der Waals surface area contributed by atoms with Gasteiger partial charge in [-0.25, -0.2) is 4.39 Å². The van der Waals surface area contributed by atoms with Crippen LogP contribution in [0.4, 0.5) is 4.39 Å². The molecule has 5 heteroatoms. The fourth-order valence-electron chi connectivity index (χ4n) is 1.10. The molecule has 0 saturated carbocycles. The Hall–Kier alpha value is -1.78. The molecule has 0 heterocycles. The van der Waals surface area contributed by atoms with Gasteiger partial charge in [-0.1, -0.05) is 0 Å². The first-order valence-corrected chi connectivity index (χ1v) is 3.82. The maximum absolute atomic E-state index is 13.2. The summed E-state index contributed by atoms with van der Waals surface area (Å²) in [5.41, 5.74) is -0.153. The van der Waals surface area contributed by atoms with Crippen molar-refractivity contribution in [3.63, 3.8) is 0 Å². The number of phenols is 1. The summed E-state index contributed by atoms with van der Waals surface area (Å²) in [4.78, 5) is 10.4. The molecule has 0 bridgehead atoms. The average Bonchev–Trinajstić information content (AvgIpc) is 2.13. The molecule has 0 atom stereocenters. The molecule has 0 aliphatic carbocycles. The van der Waals surface area contributed by atoms with Crippen LogP contribution in [0.5, 0.6) is 11.5 Å². The van der Waals surface area contributed by atoms with Crippen molar-refractivity contribution >= 4 is 5.97 Å². The van der Waals surface area contributed by atoms with Crippen molar-refractivity contribution in [3.05, 3.63) is 23.5 Å². The van der Waals surface area contributed by atoms with Crippen molar-refractivity contribution < 1.29 is 24.1 Å². The number of aromatic hydroxyl groups is 1. The molecular formula is C9H9FO4. The molecule has 0 unspecified atom stereocenters. The van der Waals surface area contributed by atoms with E-state index >= 15 is 0 Å². The highest BCUT2D eigenvalue weighted by Gasteiger charge is 2.16. The number of hydrogen-bond acceptors (Lipinski definition) is 3. The second-order valence-electron chi connectivity index (χ2n) is 2.65. The van der Waals surface area contributed by atoms with Gasteiger partial charge in [-0.3, -0.25) is 4.79 Å². The maximum atomic E-state index is 13.2. The zero-order valence-electron chi connectivity index (χ0n) is 7.45. The minimum Gasteiger partial charge on any atom is -0.505 e. The predicted octanol–water partition coefficient (Wildman–Crippen LogP) is 1.17. The summed E-state index contributed by atoms with van der Waals surface area (Å²) in [5.74, 6) is -2.61. The molecule has 0 saturated heterocycles. The SMILES string of the molecule is COc1ccc(O)c(F)c1CC(=O)O. The molecular weight excluding hydrogens is 191 g/mol. The Morgan fingerprint density at radius 3 is 2.71 bits per heavy atom. The molecule has 0 amide bonds. The Balaban J connectivity index is 3.20. The first-order valence-electron chi connectivity index (χ1n) is 3.82. The van der Waals surface area contributed by atoms with E-state index in [4.69, 9.17) is 14.9 Å². The standard InChI is InChI=1S/C9H9FO4/c1-14-7-3-2-6(11)9(10)5(7)4-8(12)13/h2-3,11H,4H2,1H3,(H,12,13). The number of phenolic OH excluding ortho intramolecular Hbond substituents is 1. The third-order valence-electron chi connectivity index (χ3n) is 1.73. The van der Waals surface area contributed by atoms with Gasteiger partial charge in [0, 0.05) is 5.56 Å². The van der Waals surface area contributed by atoms with Gasteiger partial charge in [0.2, 0.25) is 0 Å². The minimum atomic E-state index is -1.19. The number of carbonyl (C=O) groups is 1. The minimum absolute atomic E-state index is 0.114. The van der Waals surface area contributed by atoms with Crippen LogP contribution in [0.15, 0.2) is 12.1 Å². The normalized spacial score (nSPS) is 9.86. The van der Waals surface area contributed by atoms with E-state index in [0.717, 1.165) is 6.07 Å². The van der Waals surface area contributed by atoms with Crippen LogP contribution < -0.4 is 4.74 Å². The summed E-state index contributed by atoms with van der Waals surface area (Å²) in [6.45, 7) is 0. The molecule has 4 nitrogen and oxygen atoms in total. The van der Waals surface area contributed by atoms with Gasteiger partial charge >= 0.3 is 5.97 Å². The van der Waals surface area contributed by atoms with E-state index in [0.29, 0.717) is 0 Å². The van der Waals surface area contributed by atoms with E-state index < -0.39 is 24.0 Å². The molecule has 0 fully saturated rings. The van der Waals surface area contributed by atoms with Gasteiger partial charge in [-0.15, -0.1) is 0 Å². The van der Waals surface area contributed by atoms with Crippen LogP contribution in [-0.4, -0.2) is 23.3 Å². The highest BCUT2D eigenvalue weighted by Crippen LogP contribution is 2.28. The largest absolute Gasteiger partial charge is 0.505 e. The smallest absolute Gasteiger partial charge is 0.308 e. The van der Waals surface area contributed by atoms with Gasteiger partial charge < -0.3 is 14.9 Å². The first kappa shape index (κ1) is 10.3. The van der Waals surface area contributed by atoms with Crippen LogP contribution in [0.2, 0.25) is 0 Å². The lowest BCUT2D eigenvalue weighted by Crippen LogP contribution is -2.05. The van der Waals surface area contributed by atoms with Gasteiger partial charge in [-0.2, -0.15) is 0 Å². The van der Waals surface area contributed by atoms with Crippen LogP contribution in [-0.2, 0) is 11.2 Å². The van der Waals surface area contributed by atoms with E-state index in [1.165, 1.54) is 13.2 Å². The molecule has 0 aromatic heterocycles. The van der Waals surface area contributed by atoms with Crippen LogP contribution in [0.25, 0.3) is 0 Å². The van der Waals surface area contributed by atoms with Gasteiger partial charge in [0.05, 0.1) is 13.5 Å². The summed E-state index contributed by atoms with van der Waals surface area (Å²) in [6.07, 6.45) is -0.524. The number of methoxy groups -OCH3 is 1. The quantitative estimate of drug-likeness (QED) is 0.768. The number of carboxylic acid groups (broad SMARTS) is 1. The number of rotatable bonds is 3. The number of carboxylic acids is 1. The Labute approximate surface area is 79.6 Å². The monoisotopic (exact) mass is 200 g/mol. The van der Waals surface area contributed by atoms with Crippen LogP contribution in [0.3, 0.4) is 0 Å². The highest BCUT2D eigenvalue weighted by atomic mass is 19.1. The number of benzene rings is 1. The first-order chi connectivity index (χ1) is 6.56. The van der Waals surface area contributed by atoms with E-state index in [1.54, 1.807) is 0 Å². The van der Waals surface area contributed by atoms with Crippen molar-refractivity contribution in [2.75, 3.05) is 7.11 Å². The molecule has 2 N–H and O–H groups in total. The Morgan fingerprint density at radius 2 is 2.21 bits per heavy atom. The zero-order chi connectivity index (χ0) is 10.7. The summed E-state index contributed by atoms with van der Waals surface area (Å²) >= 11 is 0. The van der Waals surface area contributed by atoms with Gasteiger partial charge in [-0.05, 0) is 12.1 Å². The molecule has 0 aliphatic heterocycles. The number of aliphatic carboxylic acids is 1. The van der Waals surface area contributed by atoms with Crippen molar-refractivity contribution in [1.82, 2.24) is 0 Å². The Morgan fingerprint density at radius 1 is 1.57 bits per heavy atom. The average molecular weight is 200 g/mol. The van der Waals surface area contributed by atoms with Gasteiger partial charge in [0.15, 0.2) is 11.6 Å². The maximum Gasteiger partial charge on any atom is 0.308 e. The Kier molecular flexibility index (Phi) is 2.91. The molecule has 0 spiro atoms. The second kappa shape index (κ2) is 3.95. The fourth-order valence-corrected chi connectivity index (χ4v) is 1.10. The van der Waals surface area contributed by atoms with E-state index in [1.807, 2.05) is 0 Å². The predicted molar refractivity (Wildman–Crippen MR) is 46.0 cm³/mol. The van der Waals surface area contributed by atoms with E-state index in [9.17, 15) is 9.18 Å². The zero-order valence-corrected chi connectivity index (χ0v) is 7.45. The molecule has 1 aromatic rings. The number of halogens is 1. The lowest BCUT2D eigenvalue weighted by atomic mass is 10.1. The molecule has 14 heavy (non-hydrogen) atoms. The number of ether oxygens (including phenoxy) is 1. The van der Waals surface area contributed by atoms with Gasteiger partial charge in [0.1, 0.15) is 5.75 Å². The van der Waals surface area contributed by atoms with Crippen LogP contribution in [0.1, 0.15) is 5.56 Å². The van der Waals surface area contributed by atoms with Crippen LogP contribution >= 0.6 is 0 Å². The summed E-state index contributed by atoms with van der Waals surface area (Å²) in [5, 5.41) is 17.5. The van der Waals surface area contributed by atoms with Crippen LogP contribution in [0, 0.1) is 5.82 Å². The van der Waals surface area contributed by atoms with Crippen molar-refractivity contribution in [2.24, 2.45) is 0 Å². The summed E-state index contributed by atoms with van der Waals surface area (Å²) < 4.78 is 18.0. The Bertz CT molecular complexity index is 362. The fraction of sp³-hybridized carbons (Fsp3) is 0.222. The molecule has 76 valence electrons. The molecule has 0 aliphatic rings. The topological polar surface area (TPSA) is 66.8 Å². The number of hydrogen-bond donors (Lipinski definition) is 2. The summed E-state index contributed by atoms with van der Waals surface area (Å²) in [6, 6.07) is 2.43.